The van der Waals surface area contributed by atoms with Crippen LogP contribution in [0.2, 0.25) is 0 Å². The van der Waals surface area contributed by atoms with Gasteiger partial charge in [0.15, 0.2) is 0 Å². The maximum atomic E-state index is 13.2. The van der Waals surface area contributed by atoms with Gasteiger partial charge in [-0.05, 0) is 23.8 Å². The summed E-state index contributed by atoms with van der Waals surface area (Å²) >= 11 is 0. The molecule has 0 aliphatic carbocycles. The minimum Gasteiger partial charge on any atom is -0.378 e. The van der Waals surface area contributed by atoms with Gasteiger partial charge < -0.3 is 9.64 Å². The van der Waals surface area contributed by atoms with Gasteiger partial charge in [0.05, 0.1) is 18.8 Å². The number of rotatable bonds is 2. The SMILES string of the molecule is FC(F)(F)/C(=C\c1cccc(C(F)(F)F)c1)N1CCOCC1. The Kier molecular flexibility index (Phi) is 4.69. The van der Waals surface area contributed by atoms with E-state index in [1.807, 2.05) is 0 Å². The molecule has 1 aliphatic heterocycles. The molecule has 1 aromatic carbocycles. The van der Waals surface area contributed by atoms with Crippen LogP contribution >= 0.6 is 0 Å². The summed E-state index contributed by atoms with van der Waals surface area (Å²) in [6.07, 6.45) is -8.51. The molecule has 0 spiro atoms. The normalized spacial score (nSPS) is 17.7. The monoisotopic (exact) mass is 325 g/mol. The molecule has 8 heteroatoms. The Bertz CT molecular complexity index is 543. The molecular formula is C14H13F6NO. The van der Waals surface area contributed by atoms with E-state index in [9.17, 15) is 26.3 Å². The van der Waals surface area contributed by atoms with Gasteiger partial charge in [0, 0.05) is 13.1 Å². The molecule has 22 heavy (non-hydrogen) atoms. The van der Waals surface area contributed by atoms with Crippen molar-refractivity contribution in [3.05, 3.63) is 41.1 Å². The lowest BCUT2D eigenvalue weighted by Crippen LogP contribution is -2.40. The quantitative estimate of drug-likeness (QED) is 0.764. The molecule has 0 saturated carbocycles. The molecule has 0 N–H and O–H groups in total. The number of ether oxygens (including phenoxy) is 1. The lowest BCUT2D eigenvalue weighted by atomic mass is 10.1. The van der Waals surface area contributed by atoms with E-state index in [0.717, 1.165) is 23.1 Å². The lowest BCUT2D eigenvalue weighted by Gasteiger charge is -2.32. The zero-order chi connectivity index (χ0) is 16.4. The number of nitrogens with zero attached hydrogens (tertiary/aromatic N) is 1. The highest BCUT2D eigenvalue weighted by atomic mass is 19.4. The number of allylic oxidation sites excluding steroid dienone is 1. The van der Waals surface area contributed by atoms with Crippen molar-refractivity contribution in [2.75, 3.05) is 26.3 Å². The van der Waals surface area contributed by atoms with Crippen LogP contribution in [0.25, 0.3) is 6.08 Å². The molecule has 1 fully saturated rings. The molecule has 0 amide bonds. The summed E-state index contributed by atoms with van der Waals surface area (Å²) < 4.78 is 82.3. The summed E-state index contributed by atoms with van der Waals surface area (Å²) in [5, 5.41) is 0. The van der Waals surface area contributed by atoms with Crippen molar-refractivity contribution in [1.29, 1.82) is 0 Å². The third-order valence-corrected chi connectivity index (χ3v) is 3.16. The Morgan fingerprint density at radius 3 is 2.23 bits per heavy atom. The van der Waals surface area contributed by atoms with Gasteiger partial charge in [-0.2, -0.15) is 26.3 Å². The molecule has 2 nitrogen and oxygen atoms in total. The first-order chi connectivity index (χ1) is 10.2. The number of hydrogen-bond donors (Lipinski definition) is 0. The first-order valence-electron chi connectivity index (χ1n) is 6.47. The molecule has 0 aromatic heterocycles. The summed E-state index contributed by atoms with van der Waals surface area (Å²) in [5.74, 6) is 0. The van der Waals surface area contributed by atoms with Gasteiger partial charge in [0.25, 0.3) is 0 Å². The average molecular weight is 325 g/mol. The lowest BCUT2D eigenvalue weighted by molar-refractivity contribution is -0.137. The Morgan fingerprint density at radius 2 is 1.68 bits per heavy atom. The Labute approximate surface area is 123 Å². The van der Waals surface area contributed by atoms with E-state index in [1.165, 1.54) is 6.07 Å². The molecule has 122 valence electrons. The van der Waals surface area contributed by atoms with Crippen LogP contribution in [0.3, 0.4) is 0 Å². The van der Waals surface area contributed by atoms with Gasteiger partial charge in [-0.1, -0.05) is 12.1 Å². The zero-order valence-corrected chi connectivity index (χ0v) is 11.3. The number of benzene rings is 1. The van der Waals surface area contributed by atoms with E-state index >= 15 is 0 Å². The first kappa shape index (κ1) is 16.7. The van der Waals surface area contributed by atoms with Gasteiger partial charge in [0.2, 0.25) is 0 Å². The van der Waals surface area contributed by atoms with Crippen molar-refractivity contribution in [3.8, 4) is 0 Å². The highest BCUT2D eigenvalue weighted by Crippen LogP contribution is 2.33. The molecule has 0 unspecified atom stereocenters. The summed E-state index contributed by atoms with van der Waals surface area (Å²) in [7, 11) is 0. The third kappa shape index (κ3) is 4.16. The Hall–Kier alpha value is -1.70. The third-order valence-electron chi connectivity index (χ3n) is 3.16. The minimum absolute atomic E-state index is 0.0459. The fourth-order valence-electron chi connectivity index (χ4n) is 2.12. The van der Waals surface area contributed by atoms with Gasteiger partial charge in [-0.3, -0.25) is 0 Å². The van der Waals surface area contributed by atoms with Crippen LogP contribution in [0.1, 0.15) is 11.1 Å². The van der Waals surface area contributed by atoms with Gasteiger partial charge >= 0.3 is 12.4 Å². The van der Waals surface area contributed by atoms with E-state index in [-0.39, 0.29) is 31.9 Å². The van der Waals surface area contributed by atoms with E-state index in [4.69, 9.17) is 4.74 Å². The standard InChI is InChI=1S/C14H13F6NO/c15-13(16,17)11-3-1-2-10(8-11)9-12(14(18,19)20)21-4-6-22-7-5-21/h1-3,8-9H,4-7H2/b12-9+. The number of halogens is 6. The van der Waals surface area contributed by atoms with Crippen LogP contribution in [0.4, 0.5) is 26.3 Å². The highest BCUT2D eigenvalue weighted by molar-refractivity contribution is 5.55. The first-order valence-corrected chi connectivity index (χ1v) is 6.47. The van der Waals surface area contributed by atoms with Crippen LogP contribution in [-0.4, -0.2) is 37.4 Å². The number of morpholine rings is 1. The maximum Gasteiger partial charge on any atom is 0.431 e. The summed E-state index contributed by atoms with van der Waals surface area (Å²) in [6.45, 7) is 0.390. The van der Waals surface area contributed by atoms with Crippen LogP contribution in [0.15, 0.2) is 30.0 Å². The Morgan fingerprint density at radius 1 is 1.05 bits per heavy atom. The molecule has 0 bridgehead atoms. The molecule has 1 saturated heterocycles. The molecule has 1 aromatic rings. The Balaban J connectivity index is 2.37. The van der Waals surface area contributed by atoms with E-state index in [1.54, 1.807) is 0 Å². The predicted molar refractivity (Wildman–Crippen MR) is 67.9 cm³/mol. The van der Waals surface area contributed by atoms with Gasteiger partial charge in [-0.25, -0.2) is 0 Å². The molecule has 0 atom stereocenters. The second-order valence-electron chi connectivity index (χ2n) is 4.75. The van der Waals surface area contributed by atoms with E-state index in [0.29, 0.717) is 6.07 Å². The van der Waals surface area contributed by atoms with E-state index in [2.05, 4.69) is 0 Å². The average Bonchev–Trinajstić information content (AvgIpc) is 2.44. The number of alkyl halides is 6. The number of hydrogen-bond acceptors (Lipinski definition) is 2. The second-order valence-corrected chi connectivity index (χ2v) is 4.75. The van der Waals surface area contributed by atoms with Crippen LogP contribution in [0.5, 0.6) is 0 Å². The second kappa shape index (κ2) is 6.20. The van der Waals surface area contributed by atoms with Crippen LogP contribution in [-0.2, 0) is 10.9 Å². The van der Waals surface area contributed by atoms with Crippen LogP contribution < -0.4 is 0 Å². The fraction of sp³-hybridized carbons (Fsp3) is 0.429. The van der Waals surface area contributed by atoms with Crippen molar-refractivity contribution in [1.82, 2.24) is 4.90 Å². The molecular weight excluding hydrogens is 312 g/mol. The van der Waals surface area contributed by atoms with Crippen molar-refractivity contribution in [3.63, 3.8) is 0 Å². The maximum absolute atomic E-state index is 13.2. The molecule has 0 radical (unpaired) electrons. The van der Waals surface area contributed by atoms with Gasteiger partial charge in [0.1, 0.15) is 5.70 Å². The topological polar surface area (TPSA) is 12.5 Å². The predicted octanol–water partition coefficient (Wildman–Crippen LogP) is 3.94. The summed E-state index contributed by atoms with van der Waals surface area (Å²) in [6, 6.07) is 3.81. The van der Waals surface area contributed by atoms with Crippen molar-refractivity contribution >= 4 is 6.08 Å². The molecule has 1 aliphatic rings. The van der Waals surface area contributed by atoms with Crippen molar-refractivity contribution in [2.45, 2.75) is 12.4 Å². The van der Waals surface area contributed by atoms with Crippen molar-refractivity contribution < 1.29 is 31.1 Å². The molecule has 1 heterocycles. The van der Waals surface area contributed by atoms with Crippen LogP contribution in [0, 0.1) is 0 Å². The zero-order valence-electron chi connectivity index (χ0n) is 11.3. The summed E-state index contributed by atoms with van der Waals surface area (Å²) in [5.41, 5.74) is -2.09. The van der Waals surface area contributed by atoms with Crippen molar-refractivity contribution in [2.24, 2.45) is 0 Å². The molecule has 2 rings (SSSR count). The fourth-order valence-corrected chi connectivity index (χ4v) is 2.12. The smallest absolute Gasteiger partial charge is 0.378 e. The van der Waals surface area contributed by atoms with Gasteiger partial charge in [-0.15, -0.1) is 0 Å². The van der Waals surface area contributed by atoms with E-state index < -0.39 is 23.6 Å². The highest BCUT2D eigenvalue weighted by Gasteiger charge is 2.38. The minimum atomic E-state index is -4.65. The largest absolute Gasteiger partial charge is 0.431 e. The summed E-state index contributed by atoms with van der Waals surface area (Å²) in [4.78, 5) is 1.07.